The number of esters is 1. The fourth-order valence-corrected chi connectivity index (χ4v) is 6.31. The fraction of sp³-hybridized carbons (Fsp3) is 0.649. The van der Waals surface area contributed by atoms with Crippen molar-refractivity contribution in [2.24, 2.45) is 23.7 Å². The number of ether oxygens (including phenoxy) is 2. The SMILES string of the molecule is COC(=O)C(NC(=O)CNC(=O)C(=O)C(CC1CC1)NC(=O)C(CC1CC1)NC(=O)C(NC(=O)OCC(C)C)C1CCCCC1)c1ccccc1. The molecule has 4 unspecified atom stereocenters. The Bertz CT molecular complexity index is 1390. The second kappa shape index (κ2) is 19.2. The van der Waals surface area contributed by atoms with Gasteiger partial charge in [-0.15, -0.1) is 0 Å². The molecule has 1 aromatic rings. The third-order valence-electron chi connectivity index (χ3n) is 9.53. The molecule has 51 heavy (non-hydrogen) atoms. The third-order valence-corrected chi connectivity index (χ3v) is 9.53. The van der Waals surface area contributed by atoms with Gasteiger partial charge in [-0.1, -0.05) is 89.1 Å². The Balaban J connectivity index is 1.39. The van der Waals surface area contributed by atoms with Gasteiger partial charge in [0.1, 0.15) is 12.1 Å². The van der Waals surface area contributed by atoms with Crippen LogP contribution in [0.25, 0.3) is 0 Å². The molecule has 3 fully saturated rings. The maximum Gasteiger partial charge on any atom is 0.407 e. The molecule has 5 amide bonds. The topological polar surface area (TPSA) is 198 Å². The zero-order valence-corrected chi connectivity index (χ0v) is 29.9. The lowest BCUT2D eigenvalue weighted by Crippen LogP contribution is -2.58. The predicted octanol–water partition coefficient (Wildman–Crippen LogP) is 2.60. The zero-order valence-electron chi connectivity index (χ0n) is 29.9. The molecule has 3 saturated carbocycles. The van der Waals surface area contributed by atoms with E-state index in [1.54, 1.807) is 30.3 Å². The van der Waals surface area contributed by atoms with Gasteiger partial charge in [-0.2, -0.15) is 0 Å². The Morgan fingerprint density at radius 3 is 1.94 bits per heavy atom. The highest BCUT2D eigenvalue weighted by atomic mass is 16.5. The van der Waals surface area contributed by atoms with E-state index >= 15 is 0 Å². The van der Waals surface area contributed by atoms with E-state index in [1.165, 1.54) is 7.11 Å². The minimum Gasteiger partial charge on any atom is -0.467 e. The van der Waals surface area contributed by atoms with Gasteiger partial charge in [0.25, 0.3) is 5.91 Å². The van der Waals surface area contributed by atoms with Crippen LogP contribution >= 0.6 is 0 Å². The first-order valence-corrected chi connectivity index (χ1v) is 18.2. The summed E-state index contributed by atoms with van der Waals surface area (Å²) >= 11 is 0. The number of ketones is 1. The van der Waals surface area contributed by atoms with Crippen LogP contribution in [0.5, 0.6) is 0 Å². The largest absolute Gasteiger partial charge is 0.467 e. The summed E-state index contributed by atoms with van der Waals surface area (Å²) in [5.74, 6) is -4.10. The van der Waals surface area contributed by atoms with Gasteiger partial charge < -0.3 is 36.1 Å². The highest BCUT2D eigenvalue weighted by Crippen LogP contribution is 2.35. The van der Waals surface area contributed by atoms with Crippen LogP contribution in [0.4, 0.5) is 4.79 Å². The van der Waals surface area contributed by atoms with Crippen LogP contribution in [0, 0.1) is 23.7 Å². The molecule has 0 bridgehead atoms. The molecule has 14 nitrogen and oxygen atoms in total. The summed E-state index contributed by atoms with van der Waals surface area (Å²) in [6.45, 7) is 3.44. The minimum absolute atomic E-state index is 0.115. The molecule has 4 rings (SSSR count). The summed E-state index contributed by atoms with van der Waals surface area (Å²) in [6, 6.07) is 4.27. The summed E-state index contributed by atoms with van der Waals surface area (Å²) in [5, 5.41) is 13.2. The van der Waals surface area contributed by atoms with Crippen molar-refractivity contribution in [3.63, 3.8) is 0 Å². The van der Waals surface area contributed by atoms with E-state index in [2.05, 4.69) is 26.6 Å². The predicted molar refractivity (Wildman–Crippen MR) is 186 cm³/mol. The van der Waals surface area contributed by atoms with Crippen molar-refractivity contribution in [1.82, 2.24) is 26.6 Å². The van der Waals surface area contributed by atoms with E-state index in [0.29, 0.717) is 12.0 Å². The Morgan fingerprint density at radius 1 is 0.745 bits per heavy atom. The lowest BCUT2D eigenvalue weighted by Gasteiger charge is -2.31. The van der Waals surface area contributed by atoms with Crippen LogP contribution in [-0.2, 0) is 38.2 Å². The maximum absolute atomic E-state index is 13.8. The molecule has 0 saturated heterocycles. The highest BCUT2D eigenvalue weighted by Gasteiger charge is 2.39. The lowest BCUT2D eigenvalue weighted by molar-refractivity contribution is -0.145. The van der Waals surface area contributed by atoms with Crippen LogP contribution in [0.1, 0.15) is 96.1 Å². The van der Waals surface area contributed by atoms with Crippen molar-refractivity contribution in [2.45, 2.75) is 109 Å². The molecular formula is C37H53N5O9. The number of nitrogens with one attached hydrogen (secondary N) is 5. The van der Waals surface area contributed by atoms with Crippen molar-refractivity contribution in [3.05, 3.63) is 35.9 Å². The maximum atomic E-state index is 13.8. The molecule has 0 spiro atoms. The Kier molecular flexibility index (Phi) is 14.8. The van der Waals surface area contributed by atoms with Crippen LogP contribution in [0.15, 0.2) is 30.3 Å². The van der Waals surface area contributed by atoms with Crippen molar-refractivity contribution in [2.75, 3.05) is 20.3 Å². The van der Waals surface area contributed by atoms with E-state index in [0.717, 1.165) is 57.8 Å². The molecule has 0 radical (unpaired) electrons. The van der Waals surface area contributed by atoms with E-state index in [4.69, 9.17) is 9.47 Å². The Labute approximate surface area is 299 Å². The molecule has 280 valence electrons. The van der Waals surface area contributed by atoms with E-state index in [9.17, 15) is 33.6 Å². The van der Waals surface area contributed by atoms with Gasteiger partial charge in [0, 0.05) is 0 Å². The molecule has 1 aromatic carbocycles. The quantitative estimate of drug-likeness (QED) is 0.106. The van der Waals surface area contributed by atoms with Crippen LogP contribution in [0.3, 0.4) is 0 Å². The van der Waals surface area contributed by atoms with Gasteiger partial charge in [-0.25, -0.2) is 9.59 Å². The number of rotatable bonds is 19. The number of methoxy groups -OCH3 is 1. The van der Waals surface area contributed by atoms with Gasteiger partial charge >= 0.3 is 12.1 Å². The number of carbonyl (C=O) groups excluding carboxylic acids is 7. The molecule has 3 aliphatic rings. The van der Waals surface area contributed by atoms with Gasteiger partial charge in [0.2, 0.25) is 23.5 Å². The van der Waals surface area contributed by atoms with E-state index in [-0.39, 0.29) is 36.7 Å². The third kappa shape index (κ3) is 13.0. The summed E-state index contributed by atoms with van der Waals surface area (Å²) in [7, 11) is 1.19. The number of benzene rings is 1. The highest BCUT2D eigenvalue weighted by molar-refractivity contribution is 6.38. The lowest BCUT2D eigenvalue weighted by atomic mass is 9.83. The average Bonchev–Trinajstić information content (AvgIpc) is 4.08. The smallest absolute Gasteiger partial charge is 0.407 e. The number of alkyl carbamates (subject to hydrolysis) is 1. The van der Waals surface area contributed by atoms with E-state index < -0.39 is 72.2 Å². The molecule has 14 heteroatoms. The summed E-state index contributed by atoms with van der Waals surface area (Å²) < 4.78 is 10.1. The normalized spacial score (nSPS) is 18.3. The zero-order chi connectivity index (χ0) is 36.9. The molecule has 3 aliphatic carbocycles. The Morgan fingerprint density at radius 2 is 1.35 bits per heavy atom. The fourth-order valence-electron chi connectivity index (χ4n) is 6.31. The van der Waals surface area contributed by atoms with Crippen LogP contribution in [0.2, 0.25) is 0 Å². The van der Waals surface area contributed by atoms with Crippen molar-refractivity contribution in [1.29, 1.82) is 0 Å². The summed E-state index contributed by atoms with van der Waals surface area (Å²) in [5.41, 5.74) is 0.479. The van der Waals surface area contributed by atoms with Gasteiger partial charge in [-0.05, 0) is 54.9 Å². The van der Waals surface area contributed by atoms with Crippen molar-refractivity contribution in [3.8, 4) is 0 Å². The number of amides is 5. The first-order chi connectivity index (χ1) is 24.4. The summed E-state index contributed by atoms with van der Waals surface area (Å²) in [4.78, 5) is 91.6. The minimum atomic E-state index is -1.17. The van der Waals surface area contributed by atoms with Crippen LogP contribution in [-0.4, -0.2) is 79.9 Å². The second-order valence-electron chi connectivity index (χ2n) is 14.5. The number of hydrogen-bond donors (Lipinski definition) is 5. The molecule has 5 N–H and O–H groups in total. The molecular weight excluding hydrogens is 658 g/mol. The van der Waals surface area contributed by atoms with Gasteiger partial charge in [0.15, 0.2) is 6.04 Å². The number of Topliss-reactive ketones (excluding diaryl/α,β-unsaturated/α-hetero) is 1. The first kappa shape index (κ1) is 39.3. The standard InChI is InChI=1S/C37H53N5O9/c1-22(2)21-51-37(49)42-30(25-10-6-4-7-11-25)34(46)40-28(19-24-16-17-24)33(45)39-27(18-23-14-15-23)32(44)35(47)38-20-29(43)41-31(36(48)50-3)26-12-8-5-9-13-26/h5,8-9,12-13,22-25,27-28,30-31H,4,6-7,10-11,14-21H2,1-3H3,(H,38,47)(H,39,45)(H,40,46)(H,41,43)(H,42,49). The summed E-state index contributed by atoms with van der Waals surface area (Å²) in [6.07, 6.45) is 7.82. The average molecular weight is 712 g/mol. The van der Waals surface area contributed by atoms with Gasteiger partial charge in [-0.3, -0.25) is 24.0 Å². The second-order valence-corrected chi connectivity index (χ2v) is 14.5. The molecule has 4 atom stereocenters. The monoisotopic (exact) mass is 711 g/mol. The van der Waals surface area contributed by atoms with Gasteiger partial charge in [0.05, 0.1) is 26.3 Å². The van der Waals surface area contributed by atoms with Crippen molar-refractivity contribution < 1.29 is 43.0 Å². The van der Waals surface area contributed by atoms with Crippen LogP contribution < -0.4 is 26.6 Å². The first-order valence-electron chi connectivity index (χ1n) is 18.2. The number of hydrogen-bond acceptors (Lipinski definition) is 9. The molecule has 0 aliphatic heterocycles. The van der Waals surface area contributed by atoms with Crippen molar-refractivity contribution >= 4 is 41.5 Å². The molecule has 0 heterocycles. The Hall–Kier alpha value is -4.49. The number of carbonyl (C=O) groups is 7. The molecule has 0 aromatic heterocycles. The van der Waals surface area contributed by atoms with E-state index in [1.807, 2.05) is 13.8 Å².